The zero-order valence-corrected chi connectivity index (χ0v) is 14.9. The average molecular weight is 369 g/mol. The predicted molar refractivity (Wildman–Crippen MR) is 101 cm³/mol. The first kappa shape index (κ1) is 15.9. The van der Waals surface area contributed by atoms with E-state index in [1.807, 2.05) is 6.07 Å². The van der Waals surface area contributed by atoms with Gasteiger partial charge in [0.25, 0.3) is 5.91 Å². The molecule has 0 radical (unpaired) electrons. The summed E-state index contributed by atoms with van der Waals surface area (Å²) in [6, 6.07) is 7.92. The molecule has 0 saturated heterocycles. The zero-order valence-electron chi connectivity index (χ0n) is 13.3. The van der Waals surface area contributed by atoms with Crippen LogP contribution >= 0.6 is 22.7 Å². The molecule has 25 heavy (non-hydrogen) atoms. The predicted octanol–water partition coefficient (Wildman–Crippen LogP) is 3.54. The molecule has 3 aromatic rings. The molecule has 4 heterocycles. The van der Waals surface area contributed by atoms with Gasteiger partial charge in [-0.05, 0) is 35.6 Å². The van der Waals surface area contributed by atoms with Crippen LogP contribution in [0.5, 0.6) is 0 Å². The van der Waals surface area contributed by atoms with Gasteiger partial charge in [-0.25, -0.2) is 4.98 Å². The van der Waals surface area contributed by atoms with Crippen molar-refractivity contribution in [3.8, 4) is 0 Å². The second kappa shape index (κ2) is 7.12. The fourth-order valence-corrected chi connectivity index (χ4v) is 3.90. The minimum absolute atomic E-state index is 0.227. The van der Waals surface area contributed by atoms with Crippen molar-refractivity contribution in [2.45, 2.75) is 6.42 Å². The summed E-state index contributed by atoms with van der Waals surface area (Å²) in [6.07, 6.45) is 4.86. The van der Waals surface area contributed by atoms with E-state index in [9.17, 15) is 4.79 Å². The lowest BCUT2D eigenvalue weighted by molar-refractivity contribution is 0.102. The lowest BCUT2D eigenvalue weighted by Crippen LogP contribution is -2.29. The summed E-state index contributed by atoms with van der Waals surface area (Å²) in [5, 5.41) is 12.8. The van der Waals surface area contributed by atoms with Crippen LogP contribution in [-0.4, -0.2) is 34.2 Å². The smallest absolute Gasteiger partial charge is 0.259 e. The van der Waals surface area contributed by atoms with E-state index < -0.39 is 0 Å². The highest BCUT2D eigenvalue weighted by molar-refractivity contribution is 7.13. The van der Waals surface area contributed by atoms with Crippen LogP contribution in [0, 0.1) is 0 Å². The summed E-state index contributed by atoms with van der Waals surface area (Å²) >= 11 is 3.06. The van der Waals surface area contributed by atoms with Gasteiger partial charge in [0, 0.05) is 24.2 Å². The number of thiophene rings is 1. The molecule has 8 heteroatoms. The Kier molecular flexibility index (Phi) is 4.53. The molecule has 0 unspecified atom stereocenters. The van der Waals surface area contributed by atoms with Crippen LogP contribution in [0.25, 0.3) is 5.57 Å². The Morgan fingerprint density at radius 2 is 2.20 bits per heavy atom. The van der Waals surface area contributed by atoms with Crippen LogP contribution in [-0.2, 0) is 0 Å². The molecule has 1 aliphatic heterocycles. The number of carbonyl (C=O) groups is 1. The van der Waals surface area contributed by atoms with Gasteiger partial charge in [-0.2, -0.15) is 0 Å². The Hall–Kier alpha value is -2.58. The fourth-order valence-electron chi connectivity index (χ4n) is 2.67. The molecule has 0 saturated carbocycles. The number of hydrogen-bond donors (Lipinski definition) is 1. The van der Waals surface area contributed by atoms with Crippen molar-refractivity contribution in [3.63, 3.8) is 0 Å². The molecule has 4 rings (SSSR count). The minimum atomic E-state index is -0.227. The molecule has 1 N–H and O–H groups in total. The maximum absolute atomic E-state index is 12.1. The molecule has 0 atom stereocenters. The van der Waals surface area contributed by atoms with Crippen molar-refractivity contribution in [1.29, 1.82) is 0 Å². The van der Waals surface area contributed by atoms with Gasteiger partial charge in [0.2, 0.25) is 5.13 Å². The van der Waals surface area contributed by atoms with Crippen LogP contribution in [0.4, 0.5) is 10.9 Å². The molecule has 0 bridgehead atoms. The molecule has 0 aliphatic carbocycles. The summed E-state index contributed by atoms with van der Waals surface area (Å²) in [6.45, 7) is 1.75. The highest BCUT2D eigenvalue weighted by Crippen LogP contribution is 2.27. The van der Waals surface area contributed by atoms with Crippen molar-refractivity contribution in [2.75, 3.05) is 23.3 Å². The Labute approximate surface area is 152 Å². The number of pyridine rings is 1. The molecule has 1 aliphatic rings. The standard InChI is InChI=1S/C17H15N5OS2/c23-16(20-17-21-19-11-25-17)13-3-4-15(18-10-13)22-7-5-12(6-8-22)14-2-1-9-24-14/h1-5,9-11H,6-8H2,(H,20,21,23). The summed E-state index contributed by atoms with van der Waals surface area (Å²) in [5.41, 5.74) is 3.48. The highest BCUT2D eigenvalue weighted by atomic mass is 32.1. The summed E-state index contributed by atoms with van der Waals surface area (Å²) in [7, 11) is 0. The third-order valence-corrected chi connectivity index (χ3v) is 5.51. The van der Waals surface area contributed by atoms with Gasteiger partial charge < -0.3 is 4.90 Å². The Bertz CT molecular complexity index is 872. The minimum Gasteiger partial charge on any atom is -0.353 e. The SMILES string of the molecule is O=C(Nc1nncs1)c1ccc(N2CC=C(c3cccs3)CC2)nc1. The third kappa shape index (κ3) is 3.59. The largest absolute Gasteiger partial charge is 0.353 e. The van der Waals surface area contributed by atoms with E-state index in [0.717, 1.165) is 25.3 Å². The first-order valence-corrected chi connectivity index (χ1v) is 9.57. The van der Waals surface area contributed by atoms with E-state index in [-0.39, 0.29) is 5.91 Å². The topological polar surface area (TPSA) is 71.0 Å². The summed E-state index contributed by atoms with van der Waals surface area (Å²) in [4.78, 5) is 20.1. The molecule has 0 fully saturated rings. The first-order valence-electron chi connectivity index (χ1n) is 7.81. The molecule has 0 aromatic carbocycles. The fraction of sp³-hybridized carbons (Fsp3) is 0.176. The van der Waals surface area contributed by atoms with E-state index in [1.165, 1.54) is 21.8 Å². The van der Waals surface area contributed by atoms with Gasteiger partial charge in [-0.1, -0.05) is 23.5 Å². The maximum atomic E-state index is 12.1. The van der Waals surface area contributed by atoms with E-state index >= 15 is 0 Å². The third-order valence-electron chi connectivity index (χ3n) is 3.96. The van der Waals surface area contributed by atoms with Gasteiger partial charge in [-0.3, -0.25) is 10.1 Å². The van der Waals surface area contributed by atoms with Crippen molar-refractivity contribution in [3.05, 3.63) is 57.9 Å². The normalized spacial score (nSPS) is 14.2. The zero-order chi connectivity index (χ0) is 17.1. The van der Waals surface area contributed by atoms with Gasteiger partial charge in [0.1, 0.15) is 11.3 Å². The number of carbonyl (C=O) groups excluding carboxylic acids is 1. The van der Waals surface area contributed by atoms with Crippen LogP contribution in [0.15, 0.2) is 47.4 Å². The van der Waals surface area contributed by atoms with E-state index in [4.69, 9.17) is 0 Å². The molecular formula is C17H15N5OS2. The quantitative estimate of drug-likeness (QED) is 0.762. The molecule has 126 valence electrons. The summed E-state index contributed by atoms with van der Waals surface area (Å²) < 4.78 is 0. The van der Waals surface area contributed by atoms with Crippen LogP contribution in [0.2, 0.25) is 0 Å². The molecular weight excluding hydrogens is 354 g/mol. The van der Waals surface area contributed by atoms with Crippen molar-refractivity contribution in [2.24, 2.45) is 0 Å². The lowest BCUT2D eigenvalue weighted by Gasteiger charge is -2.27. The van der Waals surface area contributed by atoms with E-state index in [2.05, 4.69) is 49.0 Å². The van der Waals surface area contributed by atoms with Gasteiger partial charge in [0.15, 0.2) is 0 Å². The second-order valence-corrected chi connectivity index (χ2v) is 7.29. The molecule has 3 aromatic heterocycles. The first-order chi connectivity index (χ1) is 12.3. The lowest BCUT2D eigenvalue weighted by atomic mass is 10.1. The average Bonchev–Trinajstić information content (AvgIpc) is 3.36. The Morgan fingerprint density at radius 3 is 2.84 bits per heavy atom. The van der Waals surface area contributed by atoms with Gasteiger partial charge in [-0.15, -0.1) is 21.5 Å². The number of amides is 1. The van der Waals surface area contributed by atoms with Crippen molar-refractivity contribution in [1.82, 2.24) is 15.2 Å². The number of hydrogen-bond acceptors (Lipinski definition) is 7. The number of nitrogens with zero attached hydrogens (tertiary/aromatic N) is 4. The maximum Gasteiger partial charge on any atom is 0.259 e. The number of nitrogens with one attached hydrogen (secondary N) is 1. The molecule has 1 amide bonds. The molecule has 6 nitrogen and oxygen atoms in total. The van der Waals surface area contributed by atoms with Crippen molar-refractivity contribution < 1.29 is 4.79 Å². The Morgan fingerprint density at radius 1 is 1.24 bits per heavy atom. The van der Waals surface area contributed by atoms with Crippen LogP contribution in [0.3, 0.4) is 0 Å². The van der Waals surface area contributed by atoms with Crippen LogP contribution < -0.4 is 10.2 Å². The second-order valence-electron chi connectivity index (χ2n) is 5.51. The van der Waals surface area contributed by atoms with E-state index in [1.54, 1.807) is 29.1 Å². The van der Waals surface area contributed by atoms with Crippen molar-refractivity contribution >= 4 is 45.1 Å². The number of anilines is 2. The monoisotopic (exact) mass is 369 g/mol. The summed E-state index contributed by atoms with van der Waals surface area (Å²) in [5.74, 6) is 0.656. The van der Waals surface area contributed by atoms with E-state index in [0.29, 0.717) is 10.7 Å². The Balaban J connectivity index is 1.41. The van der Waals surface area contributed by atoms with Crippen LogP contribution in [0.1, 0.15) is 21.7 Å². The number of aromatic nitrogens is 3. The number of rotatable bonds is 4. The van der Waals surface area contributed by atoms with Gasteiger partial charge >= 0.3 is 0 Å². The van der Waals surface area contributed by atoms with Gasteiger partial charge in [0.05, 0.1) is 5.56 Å². The molecule has 0 spiro atoms. The highest BCUT2D eigenvalue weighted by Gasteiger charge is 2.16.